The molecule has 2 fully saturated rings. The normalized spacial score (nSPS) is 28.2. The molecule has 4 N–H and O–H groups in total. The first-order valence-electron chi connectivity index (χ1n) is 10.8. The molecule has 0 atom stereocenters. The quantitative estimate of drug-likeness (QED) is 0.520. The average Bonchev–Trinajstić information content (AvgIpc) is 2.35. The van der Waals surface area contributed by atoms with Gasteiger partial charge in [0.2, 0.25) is 0 Å². The van der Waals surface area contributed by atoms with Gasteiger partial charge in [-0.2, -0.15) is 0 Å². The number of hydrogen-bond acceptors (Lipinski definition) is 4. The van der Waals surface area contributed by atoms with E-state index < -0.39 is 0 Å². The highest BCUT2D eigenvalue weighted by atomic mass is 15.1. The molecular formula is C22H46N4. The van der Waals surface area contributed by atoms with Gasteiger partial charge in [-0.05, 0) is 107 Å². The predicted molar refractivity (Wildman–Crippen MR) is 114 cm³/mol. The van der Waals surface area contributed by atoms with Gasteiger partial charge >= 0.3 is 0 Å². The molecule has 0 aromatic heterocycles. The third-order valence-corrected chi connectivity index (χ3v) is 5.85. The summed E-state index contributed by atoms with van der Waals surface area (Å²) in [5, 5.41) is 15.2. The van der Waals surface area contributed by atoms with Gasteiger partial charge in [-0.15, -0.1) is 0 Å². The summed E-state index contributed by atoms with van der Waals surface area (Å²) in [6.07, 6.45) is 7.38. The van der Waals surface area contributed by atoms with Crippen molar-refractivity contribution in [2.24, 2.45) is 0 Å². The van der Waals surface area contributed by atoms with Gasteiger partial charge in [0.1, 0.15) is 0 Å². The Morgan fingerprint density at radius 3 is 1.12 bits per heavy atom. The Morgan fingerprint density at radius 2 is 0.846 bits per heavy atom. The van der Waals surface area contributed by atoms with Gasteiger partial charge in [0, 0.05) is 34.2 Å². The zero-order valence-corrected chi connectivity index (χ0v) is 18.8. The van der Waals surface area contributed by atoms with Gasteiger partial charge in [-0.1, -0.05) is 0 Å². The van der Waals surface area contributed by atoms with Crippen LogP contribution in [0.1, 0.15) is 93.9 Å². The molecule has 0 aliphatic carbocycles. The van der Waals surface area contributed by atoms with E-state index in [1.165, 1.54) is 38.5 Å². The van der Waals surface area contributed by atoms with Crippen LogP contribution in [-0.2, 0) is 0 Å². The van der Waals surface area contributed by atoms with Crippen LogP contribution in [0.4, 0.5) is 0 Å². The van der Waals surface area contributed by atoms with Crippen molar-refractivity contribution < 1.29 is 0 Å². The van der Waals surface area contributed by atoms with Crippen LogP contribution in [0.5, 0.6) is 0 Å². The number of hydrogen-bond donors (Lipinski definition) is 4. The predicted octanol–water partition coefficient (Wildman–Crippen LogP) is 3.56. The smallest absolute Gasteiger partial charge is 0.0144 e. The number of unbranched alkanes of at least 4 members (excludes halogenated alkanes) is 1. The summed E-state index contributed by atoms with van der Waals surface area (Å²) in [5.41, 5.74) is 0.927. The Balaban J connectivity index is 1.62. The minimum absolute atomic E-state index is 0.232. The highest BCUT2D eigenvalue weighted by molar-refractivity contribution is 5.00. The Kier molecular flexibility index (Phi) is 6.86. The Morgan fingerprint density at radius 1 is 0.577 bits per heavy atom. The monoisotopic (exact) mass is 366 g/mol. The molecule has 2 aliphatic heterocycles. The van der Waals surface area contributed by atoms with Crippen LogP contribution >= 0.6 is 0 Å². The molecule has 0 radical (unpaired) electrons. The molecule has 0 aromatic carbocycles. The molecule has 2 saturated heterocycles. The molecule has 4 nitrogen and oxygen atoms in total. The largest absolute Gasteiger partial charge is 0.314 e. The lowest BCUT2D eigenvalue weighted by atomic mass is 9.79. The van der Waals surface area contributed by atoms with Crippen LogP contribution < -0.4 is 21.3 Å². The fraction of sp³-hybridized carbons (Fsp3) is 1.00. The van der Waals surface area contributed by atoms with Gasteiger partial charge in [0.15, 0.2) is 0 Å². The maximum atomic E-state index is 3.82. The van der Waals surface area contributed by atoms with Crippen LogP contribution in [-0.4, -0.2) is 47.3 Å². The molecule has 26 heavy (non-hydrogen) atoms. The topological polar surface area (TPSA) is 48.1 Å². The van der Waals surface area contributed by atoms with Crippen LogP contribution in [0.25, 0.3) is 0 Å². The van der Waals surface area contributed by atoms with Crippen molar-refractivity contribution in [1.29, 1.82) is 0 Å². The number of rotatable bonds is 7. The van der Waals surface area contributed by atoms with Crippen molar-refractivity contribution in [3.8, 4) is 0 Å². The molecule has 0 bridgehead atoms. The number of piperidine rings is 2. The van der Waals surface area contributed by atoms with Crippen LogP contribution in [0, 0.1) is 0 Å². The van der Waals surface area contributed by atoms with E-state index in [-0.39, 0.29) is 22.2 Å². The van der Waals surface area contributed by atoms with Crippen LogP contribution in [0.3, 0.4) is 0 Å². The molecule has 0 saturated carbocycles. The summed E-state index contributed by atoms with van der Waals surface area (Å²) in [6, 6.07) is 1.28. The maximum Gasteiger partial charge on any atom is 0.0144 e. The summed E-state index contributed by atoms with van der Waals surface area (Å²) < 4.78 is 0. The third-order valence-electron chi connectivity index (χ3n) is 5.85. The maximum absolute atomic E-state index is 3.82. The van der Waals surface area contributed by atoms with E-state index in [0.717, 1.165) is 13.1 Å². The Hall–Kier alpha value is -0.160. The minimum Gasteiger partial charge on any atom is -0.314 e. The van der Waals surface area contributed by atoms with E-state index in [4.69, 9.17) is 0 Å². The van der Waals surface area contributed by atoms with Gasteiger partial charge < -0.3 is 21.3 Å². The zero-order chi connectivity index (χ0) is 19.6. The Bertz CT molecular complexity index is 379. The summed E-state index contributed by atoms with van der Waals surface area (Å²) in [5.74, 6) is 0. The fourth-order valence-corrected chi connectivity index (χ4v) is 5.80. The molecular weight excluding hydrogens is 320 g/mol. The van der Waals surface area contributed by atoms with Crippen molar-refractivity contribution >= 4 is 0 Å². The molecule has 0 unspecified atom stereocenters. The van der Waals surface area contributed by atoms with Gasteiger partial charge in [-0.3, -0.25) is 0 Å². The first-order valence-corrected chi connectivity index (χ1v) is 10.8. The molecule has 0 aromatic rings. The third kappa shape index (κ3) is 7.46. The summed E-state index contributed by atoms with van der Waals surface area (Å²) in [4.78, 5) is 0. The molecule has 2 rings (SSSR count). The fourth-order valence-electron chi connectivity index (χ4n) is 5.80. The van der Waals surface area contributed by atoms with E-state index in [0.29, 0.717) is 12.1 Å². The highest BCUT2D eigenvalue weighted by Gasteiger charge is 2.38. The second-order valence-electron chi connectivity index (χ2n) is 11.6. The SMILES string of the molecule is CC1(C)CC(NCCCCNC2CC(C)(C)NC(C)(C)C2)CC(C)(C)N1. The molecule has 154 valence electrons. The lowest BCUT2D eigenvalue weighted by Crippen LogP contribution is -2.61. The van der Waals surface area contributed by atoms with E-state index in [1.807, 2.05) is 0 Å². The van der Waals surface area contributed by atoms with Gasteiger partial charge in [0.05, 0.1) is 0 Å². The highest BCUT2D eigenvalue weighted by Crippen LogP contribution is 2.29. The van der Waals surface area contributed by atoms with Crippen molar-refractivity contribution in [3.05, 3.63) is 0 Å². The summed E-state index contributed by atoms with van der Waals surface area (Å²) in [6.45, 7) is 20.9. The van der Waals surface area contributed by atoms with E-state index in [1.54, 1.807) is 0 Å². The average molecular weight is 367 g/mol. The van der Waals surface area contributed by atoms with Crippen molar-refractivity contribution in [2.75, 3.05) is 13.1 Å². The van der Waals surface area contributed by atoms with Crippen LogP contribution in [0.2, 0.25) is 0 Å². The lowest BCUT2D eigenvalue weighted by Gasteiger charge is -2.47. The summed E-state index contributed by atoms with van der Waals surface area (Å²) >= 11 is 0. The molecule has 2 heterocycles. The Labute approximate surface area is 163 Å². The van der Waals surface area contributed by atoms with Crippen molar-refractivity contribution in [3.63, 3.8) is 0 Å². The van der Waals surface area contributed by atoms with Crippen molar-refractivity contribution in [1.82, 2.24) is 21.3 Å². The minimum atomic E-state index is 0.232. The first kappa shape index (κ1) is 22.1. The van der Waals surface area contributed by atoms with E-state index in [9.17, 15) is 0 Å². The molecule has 4 heteroatoms. The second-order valence-corrected chi connectivity index (χ2v) is 11.6. The molecule has 0 amide bonds. The van der Waals surface area contributed by atoms with Gasteiger partial charge in [0.25, 0.3) is 0 Å². The molecule has 2 aliphatic rings. The molecule has 0 spiro atoms. The second kappa shape index (κ2) is 8.06. The zero-order valence-electron chi connectivity index (χ0n) is 18.8. The standard InChI is InChI=1S/C22H46N4/c1-19(2)13-17(14-20(3,4)25-19)23-11-9-10-12-24-18-15-21(5,6)26-22(7,8)16-18/h17-18,23-26H,9-16H2,1-8H3. The van der Waals surface area contributed by atoms with E-state index in [2.05, 4.69) is 76.7 Å². The summed E-state index contributed by atoms with van der Waals surface area (Å²) in [7, 11) is 0. The number of nitrogens with one attached hydrogen (secondary N) is 4. The first-order chi connectivity index (χ1) is 11.8. The van der Waals surface area contributed by atoms with Crippen LogP contribution in [0.15, 0.2) is 0 Å². The van der Waals surface area contributed by atoms with E-state index >= 15 is 0 Å². The van der Waals surface area contributed by atoms with Gasteiger partial charge in [-0.25, -0.2) is 0 Å². The van der Waals surface area contributed by atoms with Crippen molar-refractivity contribution in [2.45, 2.75) is 128 Å². The lowest BCUT2D eigenvalue weighted by molar-refractivity contribution is 0.143.